The van der Waals surface area contributed by atoms with Crippen LogP contribution in [0.25, 0.3) is 5.69 Å². The van der Waals surface area contributed by atoms with Gasteiger partial charge in [-0.2, -0.15) is 5.10 Å². The van der Waals surface area contributed by atoms with Crippen molar-refractivity contribution in [1.29, 1.82) is 0 Å². The van der Waals surface area contributed by atoms with E-state index in [2.05, 4.69) is 10.4 Å². The van der Waals surface area contributed by atoms with Crippen LogP contribution < -0.4 is 10.1 Å². The molecule has 1 aromatic heterocycles. The average molecular weight is 599 g/mol. The predicted octanol–water partition coefficient (Wildman–Crippen LogP) is 1.53. The Hall–Kier alpha value is -4.62. The van der Waals surface area contributed by atoms with Crippen LogP contribution in [0.15, 0.2) is 36.4 Å². The first-order valence-corrected chi connectivity index (χ1v) is 14.3. The molecule has 43 heavy (non-hydrogen) atoms. The maximum atomic E-state index is 13.5. The Morgan fingerprint density at radius 1 is 1.05 bits per heavy atom. The number of hydrogen-bond acceptors (Lipinski definition) is 8. The van der Waals surface area contributed by atoms with Crippen molar-refractivity contribution in [3.8, 4) is 11.6 Å². The molecule has 2 N–H and O–H groups in total. The molecule has 0 unspecified atom stereocenters. The number of nitrogens with zero attached hydrogens (tertiary/aromatic N) is 5. The van der Waals surface area contributed by atoms with Crippen LogP contribution in [0.1, 0.15) is 49.5 Å². The van der Waals surface area contributed by atoms with Gasteiger partial charge in [0.05, 0.1) is 12.3 Å². The molecule has 1 aliphatic heterocycles. The molecule has 2 heterocycles. The van der Waals surface area contributed by atoms with Gasteiger partial charge >= 0.3 is 12.1 Å². The molecule has 2 aromatic rings. The summed E-state index contributed by atoms with van der Waals surface area (Å²) < 4.78 is 12.7. The van der Waals surface area contributed by atoms with Crippen LogP contribution in [0.5, 0.6) is 5.88 Å². The van der Waals surface area contributed by atoms with Crippen LogP contribution in [0.3, 0.4) is 0 Å². The second kappa shape index (κ2) is 13.6. The molecule has 14 heteroatoms. The van der Waals surface area contributed by atoms with Gasteiger partial charge in [0.25, 0.3) is 11.8 Å². The Bertz CT molecular complexity index is 1330. The van der Waals surface area contributed by atoms with E-state index in [9.17, 15) is 29.1 Å². The third-order valence-electron chi connectivity index (χ3n) is 7.53. The number of amides is 4. The standard InChI is InChI=1S/C29H38N6O8/c1-4-42-28(41)34-17-15-33(16-18-34)26(39)21(11-12-24(36)37)30-25(38)22-19-23(35(31-22)20-9-6-5-7-10-20)43-29(13-8-14-29)27(40)32(2)3/h5-7,9-10,19,21H,4,8,11-18H2,1-3H3,(H,30,38)(H,36,37)/t21-/m0/s1. The summed E-state index contributed by atoms with van der Waals surface area (Å²) in [5, 5.41) is 16.4. The summed E-state index contributed by atoms with van der Waals surface area (Å²) >= 11 is 0. The first-order chi connectivity index (χ1) is 20.5. The molecule has 14 nitrogen and oxygen atoms in total. The van der Waals surface area contributed by atoms with Crippen LogP contribution >= 0.6 is 0 Å². The van der Waals surface area contributed by atoms with Gasteiger partial charge in [-0.05, 0) is 44.7 Å². The van der Waals surface area contributed by atoms with Gasteiger partial charge < -0.3 is 34.6 Å². The van der Waals surface area contributed by atoms with Gasteiger partial charge in [0.1, 0.15) is 6.04 Å². The lowest BCUT2D eigenvalue weighted by molar-refractivity contribution is -0.153. The second-order valence-corrected chi connectivity index (χ2v) is 10.7. The van der Waals surface area contributed by atoms with E-state index in [1.807, 2.05) is 6.07 Å². The molecule has 0 spiro atoms. The molecule has 1 aromatic carbocycles. The number of carboxylic acids is 1. The number of piperazine rings is 1. The number of benzene rings is 1. The summed E-state index contributed by atoms with van der Waals surface area (Å²) in [6, 6.07) is 9.25. The molecule has 2 fully saturated rings. The molecule has 1 atom stereocenters. The van der Waals surface area contributed by atoms with Crippen molar-refractivity contribution in [2.75, 3.05) is 46.9 Å². The number of carboxylic acid groups (broad SMARTS) is 1. The van der Waals surface area contributed by atoms with Crippen molar-refractivity contribution in [2.45, 2.75) is 50.7 Å². The van der Waals surface area contributed by atoms with Gasteiger partial charge in [-0.25, -0.2) is 9.48 Å². The van der Waals surface area contributed by atoms with E-state index in [0.29, 0.717) is 18.5 Å². The van der Waals surface area contributed by atoms with E-state index < -0.39 is 35.5 Å². The lowest BCUT2D eigenvalue weighted by Crippen LogP contribution is -2.56. The number of para-hydroxylation sites is 1. The molecule has 4 amide bonds. The van der Waals surface area contributed by atoms with Crippen molar-refractivity contribution >= 4 is 29.8 Å². The van der Waals surface area contributed by atoms with E-state index in [-0.39, 0.29) is 63.1 Å². The van der Waals surface area contributed by atoms with E-state index in [1.54, 1.807) is 45.3 Å². The summed E-state index contributed by atoms with van der Waals surface area (Å²) in [5.41, 5.74) is -0.539. The molecule has 232 valence electrons. The summed E-state index contributed by atoms with van der Waals surface area (Å²) in [7, 11) is 3.31. The fourth-order valence-electron chi connectivity index (χ4n) is 5.07. The van der Waals surface area contributed by atoms with Crippen molar-refractivity contribution in [1.82, 2.24) is 29.8 Å². The number of nitrogens with one attached hydrogen (secondary N) is 1. The smallest absolute Gasteiger partial charge is 0.409 e. The van der Waals surface area contributed by atoms with Crippen LogP contribution in [-0.2, 0) is 19.1 Å². The predicted molar refractivity (Wildman–Crippen MR) is 153 cm³/mol. The number of ether oxygens (including phenoxy) is 2. The Kier molecular flexibility index (Phi) is 9.88. The Balaban J connectivity index is 1.55. The molecule has 0 bridgehead atoms. The third-order valence-corrected chi connectivity index (χ3v) is 7.53. The van der Waals surface area contributed by atoms with Gasteiger partial charge in [-0.1, -0.05) is 18.2 Å². The zero-order chi connectivity index (χ0) is 31.1. The summed E-state index contributed by atoms with van der Waals surface area (Å²) in [6.07, 6.45) is 0.894. The Morgan fingerprint density at radius 3 is 2.26 bits per heavy atom. The minimum absolute atomic E-state index is 0.0640. The molecule has 1 saturated heterocycles. The van der Waals surface area contributed by atoms with Gasteiger partial charge in [-0.3, -0.25) is 19.2 Å². The van der Waals surface area contributed by atoms with Crippen molar-refractivity contribution < 1.29 is 38.6 Å². The van der Waals surface area contributed by atoms with Crippen molar-refractivity contribution in [3.63, 3.8) is 0 Å². The minimum Gasteiger partial charge on any atom is -0.481 e. The van der Waals surface area contributed by atoms with Gasteiger partial charge in [0, 0.05) is 52.8 Å². The highest BCUT2D eigenvalue weighted by Crippen LogP contribution is 2.38. The van der Waals surface area contributed by atoms with Gasteiger partial charge in [0.2, 0.25) is 11.8 Å². The molecule has 1 saturated carbocycles. The lowest BCUT2D eigenvalue weighted by atomic mass is 9.79. The van der Waals surface area contributed by atoms with Crippen molar-refractivity contribution in [2.24, 2.45) is 0 Å². The molecule has 0 radical (unpaired) electrons. The van der Waals surface area contributed by atoms with Crippen LogP contribution in [-0.4, -0.2) is 118 Å². The highest BCUT2D eigenvalue weighted by atomic mass is 16.6. The highest BCUT2D eigenvalue weighted by Gasteiger charge is 2.48. The molecular weight excluding hydrogens is 560 g/mol. The molecular formula is C29H38N6O8. The fraction of sp³-hybridized carbons (Fsp3) is 0.517. The number of carbonyl (C=O) groups excluding carboxylic acids is 4. The monoisotopic (exact) mass is 598 g/mol. The van der Waals surface area contributed by atoms with Gasteiger partial charge in [-0.15, -0.1) is 0 Å². The SMILES string of the molecule is CCOC(=O)N1CCN(C(=O)[C@H](CCC(=O)O)NC(=O)c2cc(OC3(C(=O)N(C)C)CCC3)n(-c3ccccc3)n2)CC1. The number of aliphatic carboxylic acids is 1. The number of likely N-dealkylation sites (N-methyl/N-ethyl adjacent to an activating group) is 1. The summed E-state index contributed by atoms with van der Waals surface area (Å²) in [6.45, 7) is 2.86. The first-order valence-electron chi connectivity index (χ1n) is 14.3. The molecule has 4 rings (SSSR count). The third kappa shape index (κ3) is 7.24. The Labute approximate surface area is 249 Å². The number of hydrogen-bond donors (Lipinski definition) is 2. The van der Waals surface area contributed by atoms with Crippen molar-refractivity contribution in [3.05, 3.63) is 42.1 Å². The molecule has 1 aliphatic carbocycles. The second-order valence-electron chi connectivity index (χ2n) is 10.7. The summed E-state index contributed by atoms with van der Waals surface area (Å²) in [4.78, 5) is 67.8. The normalized spacial score (nSPS) is 16.4. The largest absolute Gasteiger partial charge is 0.481 e. The number of rotatable bonds is 11. The van der Waals surface area contributed by atoms with Crippen LogP contribution in [0.2, 0.25) is 0 Å². The average Bonchev–Trinajstić information content (AvgIpc) is 3.40. The van der Waals surface area contributed by atoms with E-state index in [0.717, 1.165) is 6.42 Å². The quantitative estimate of drug-likeness (QED) is 0.390. The fourth-order valence-corrected chi connectivity index (χ4v) is 5.07. The minimum atomic E-state index is -1.14. The maximum absolute atomic E-state index is 13.5. The Morgan fingerprint density at radius 2 is 1.70 bits per heavy atom. The first kappa shape index (κ1) is 31.3. The lowest BCUT2D eigenvalue weighted by Gasteiger charge is -2.41. The van der Waals surface area contributed by atoms with Crippen LogP contribution in [0.4, 0.5) is 4.79 Å². The van der Waals surface area contributed by atoms with E-state index in [1.165, 1.54) is 25.4 Å². The number of carbonyl (C=O) groups is 5. The van der Waals surface area contributed by atoms with E-state index >= 15 is 0 Å². The molecule has 2 aliphatic rings. The highest BCUT2D eigenvalue weighted by molar-refractivity contribution is 5.96. The topological polar surface area (TPSA) is 164 Å². The summed E-state index contributed by atoms with van der Waals surface area (Å²) in [5.74, 6) is -2.26. The zero-order valence-electron chi connectivity index (χ0n) is 24.7. The van der Waals surface area contributed by atoms with E-state index in [4.69, 9.17) is 9.47 Å². The zero-order valence-corrected chi connectivity index (χ0v) is 24.7. The van der Waals surface area contributed by atoms with Gasteiger partial charge in [0.15, 0.2) is 11.3 Å². The van der Waals surface area contributed by atoms with Crippen LogP contribution in [0, 0.1) is 0 Å². The number of aromatic nitrogens is 2. The maximum Gasteiger partial charge on any atom is 0.409 e.